The van der Waals surface area contributed by atoms with Crippen LogP contribution < -0.4 is 14.8 Å². The van der Waals surface area contributed by atoms with Crippen molar-refractivity contribution in [1.29, 1.82) is 0 Å². The third kappa shape index (κ3) is 10.5. The Morgan fingerprint density at radius 3 is 2.43 bits per heavy atom. The SMILES string of the molecule is COc1ccc(/C=C/C(=O)Nc2ccccc2C(=O)OCC(=O)OCCN2CCN(CC(C)SN=O)CC2)cc1OC. The van der Waals surface area contributed by atoms with Crippen LogP contribution in [-0.4, -0.2) is 99.6 Å². The number of carbonyl (C=O) groups excluding carboxylic acids is 3. The number of nitrogens with zero attached hydrogens (tertiary/aromatic N) is 3. The van der Waals surface area contributed by atoms with Crippen LogP contribution in [0.4, 0.5) is 5.69 Å². The molecule has 1 heterocycles. The molecule has 1 atom stereocenters. The van der Waals surface area contributed by atoms with E-state index in [1.54, 1.807) is 42.5 Å². The summed E-state index contributed by atoms with van der Waals surface area (Å²) in [5.74, 6) is -0.786. The smallest absolute Gasteiger partial charge is 0.344 e. The largest absolute Gasteiger partial charge is 0.493 e. The lowest BCUT2D eigenvalue weighted by Gasteiger charge is -2.35. The summed E-state index contributed by atoms with van der Waals surface area (Å²) in [5, 5.41) is 2.81. The van der Waals surface area contributed by atoms with Crippen LogP contribution in [0.3, 0.4) is 0 Å². The summed E-state index contributed by atoms with van der Waals surface area (Å²) in [7, 11) is 3.06. The number of para-hydroxylation sites is 1. The molecule has 0 aromatic heterocycles. The second-order valence-electron chi connectivity index (χ2n) is 9.41. The zero-order valence-corrected chi connectivity index (χ0v) is 24.8. The van der Waals surface area contributed by atoms with E-state index in [0.717, 1.165) is 44.7 Å². The highest BCUT2D eigenvalue weighted by atomic mass is 32.2. The second-order valence-corrected chi connectivity index (χ2v) is 10.6. The van der Waals surface area contributed by atoms with Gasteiger partial charge < -0.3 is 24.3 Å². The Kier molecular flexibility index (Phi) is 13.3. The van der Waals surface area contributed by atoms with E-state index in [2.05, 4.69) is 19.7 Å². The summed E-state index contributed by atoms with van der Waals surface area (Å²) in [6, 6.07) is 11.6. The lowest BCUT2D eigenvalue weighted by Crippen LogP contribution is -2.48. The monoisotopic (exact) mass is 600 g/mol. The standard InChI is InChI=1S/C29H36N4O8S/c1-21(42-31-37)19-33-14-12-32(13-15-33)16-17-40-28(35)20-41-29(36)23-6-4-5-7-24(23)30-27(34)11-9-22-8-10-25(38-2)26(18-22)39-3/h4-11,18,21H,12-17,19-20H2,1-3H3,(H,30,34)/b11-9+. The lowest BCUT2D eigenvalue weighted by molar-refractivity contribution is -0.147. The van der Waals surface area contributed by atoms with Crippen LogP contribution in [0.5, 0.6) is 11.5 Å². The topological polar surface area (TPSA) is 136 Å². The van der Waals surface area contributed by atoms with Gasteiger partial charge in [-0.3, -0.25) is 14.6 Å². The number of amides is 1. The highest BCUT2D eigenvalue weighted by Crippen LogP contribution is 2.28. The quantitative estimate of drug-likeness (QED) is 0.139. The number of piperazine rings is 1. The molecule has 1 aliphatic heterocycles. The Bertz CT molecular complexity index is 1250. The Labute approximate surface area is 249 Å². The van der Waals surface area contributed by atoms with Crippen molar-refractivity contribution in [2.75, 3.05) is 72.0 Å². The van der Waals surface area contributed by atoms with E-state index in [9.17, 15) is 19.3 Å². The number of rotatable bonds is 15. The summed E-state index contributed by atoms with van der Waals surface area (Å²) in [6.07, 6.45) is 2.92. The van der Waals surface area contributed by atoms with Crippen molar-refractivity contribution in [1.82, 2.24) is 9.80 Å². The first-order chi connectivity index (χ1) is 20.3. The first kappa shape index (κ1) is 32.6. The normalized spacial score (nSPS) is 14.6. The summed E-state index contributed by atoms with van der Waals surface area (Å²) >= 11 is 1.05. The van der Waals surface area contributed by atoms with E-state index < -0.39 is 24.5 Å². The van der Waals surface area contributed by atoms with Gasteiger partial charge in [0.2, 0.25) is 5.91 Å². The van der Waals surface area contributed by atoms with Gasteiger partial charge in [0.15, 0.2) is 18.1 Å². The maximum atomic E-state index is 12.7. The second kappa shape index (κ2) is 17.1. The Morgan fingerprint density at radius 1 is 1.00 bits per heavy atom. The van der Waals surface area contributed by atoms with Crippen LogP contribution >= 0.6 is 11.9 Å². The average molecular weight is 601 g/mol. The molecule has 0 spiro atoms. The molecule has 1 saturated heterocycles. The fraction of sp³-hybridized carbons (Fsp3) is 0.414. The van der Waals surface area contributed by atoms with Gasteiger partial charge >= 0.3 is 11.9 Å². The summed E-state index contributed by atoms with van der Waals surface area (Å²) in [6.45, 7) is 6.33. The first-order valence-electron chi connectivity index (χ1n) is 13.4. The molecule has 226 valence electrons. The third-order valence-corrected chi connectivity index (χ3v) is 7.03. The van der Waals surface area contributed by atoms with Crippen LogP contribution in [-0.2, 0) is 19.1 Å². The predicted octanol–water partition coefficient (Wildman–Crippen LogP) is 3.48. The molecule has 0 aliphatic carbocycles. The van der Waals surface area contributed by atoms with E-state index in [0.29, 0.717) is 23.6 Å². The fourth-order valence-corrected chi connectivity index (χ4v) is 4.70. The van der Waals surface area contributed by atoms with Gasteiger partial charge in [0, 0.05) is 67.1 Å². The van der Waals surface area contributed by atoms with Gasteiger partial charge in [0.1, 0.15) is 6.61 Å². The number of esters is 2. The van der Waals surface area contributed by atoms with E-state index in [1.165, 1.54) is 26.4 Å². The van der Waals surface area contributed by atoms with Gasteiger partial charge in [0.25, 0.3) is 0 Å². The molecule has 3 rings (SSSR count). The van der Waals surface area contributed by atoms with E-state index >= 15 is 0 Å². The van der Waals surface area contributed by atoms with Crippen LogP contribution in [0.2, 0.25) is 0 Å². The van der Waals surface area contributed by atoms with Crippen molar-refractivity contribution in [3.63, 3.8) is 0 Å². The van der Waals surface area contributed by atoms with Crippen molar-refractivity contribution < 1.29 is 33.3 Å². The van der Waals surface area contributed by atoms with Crippen LogP contribution in [0.25, 0.3) is 6.08 Å². The molecule has 0 radical (unpaired) electrons. The number of carbonyl (C=O) groups is 3. The molecule has 1 unspecified atom stereocenters. The average Bonchev–Trinajstić information content (AvgIpc) is 3.00. The molecule has 1 amide bonds. The minimum atomic E-state index is -0.764. The Balaban J connectivity index is 1.41. The number of benzene rings is 2. The van der Waals surface area contributed by atoms with Crippen LogP contribution in [0.1, 0.15) is 22.8 Å². The number of hydrogen-bond acceptors (Lipinski definition) is 12. The van der Waals surface area contributed by atoms with Gasteiger partial charge in [-0.1, -0.05) is 25.1 Å². The maximum Gasteiger partial charge on any atom is 0.344 e. The maximum absolute atomic E-state index is 12.7. The molecular weight excluding hydrogens is 564 g/mol. The number of hydrogen-bond donors (Lipinski definition) is 1. The number of anilines is 1. The van der Waals surface area contributed by atoms with Gasteiger partial charge in [-0.25, -0.2) is 9.59 Å². The highest BCUT2D eigenvalue weighted by Gasteiger charge is 2.20. The lowest BCUT2D eigenvalue weighted by atomic mass is 10.1. The minimum absolute atomic E-state index is 0.104. The van der Waals surface area contributed by atoms with Crippen molar-refractivity contribution in [2.45, 2.75) is 12.2 Å². The van der Waals surface area contributed by atoms with E-state index in [1.807, 2.05) is 6.92 Å². The highest BCUT2D eigenvalue weighted by molar-refractivity contribution is 7.98. The van der Waals surface area contributed by atoms with Gasteiger partial charge in [-0.15, -0.1) is 4.91 Å². The molecule has 1 aliphatic rings. The van der Waals surface area contributed by atoms with Crippen molar-refractivity contribution in [3.05, 3.63) is 64.6 Å². The predicted molar refractivity (Wildman–Crippen MR) is 161 cm³/mol. The summed E-state index contributed by atoms with van der Waals surface area (Å²) < 4.78 is 23.7. The third-order valence-electron chi connectivity index (χ3n) is 6.43. The van der Waals surface area contributed by atoms with Crippen molar-refractivity contribution >= 4 is 41.6 Å². The number of methoxy groups -OCH3 is 2. The fourth-order valence-electron chi connectivity index (χ4n) is 4.27. The molecule has 1 fully saturated rings. The molecule has 0 saturated carbocycles. The van der Waals surface area contributed by atoms with Crippen molar-refractivity contribution in [3.8, 4) is 11.5 Å². The number of nitrogens with one attached hydrogen (secondary N) is 1. The Morgan fingerprint density at radius 2 is 1.71 bits per heavy atom. The molecular formula is C29H36N4O8S. The Hall–Kier alpha value is -3.94. The molecule has 13 heteroatoms. The molecule has 2 aromatic carbocycles. The van der Waals surface area contributed by atoms with E-state index in [4.69, 9.17) is 18.9 Å². The zero-order chi connectivity index (χ0) is 30.3. The van der Waals surface area contributed by atoms with Gasteiger partial charge in [-0.2, -0.15) is 0 Å². The molecule has 12 nitrogen and oxygen atoms in total. The van der Waals surface area contributed by atoms with Crippen molar-refractivity contribution in [2.24, 2.45) is 4.58 Å². The van der Waals surface area contributed by atoms with Gasteiger partial charge in [0.05, 0.1) is 25.5 Å². The minimum Gasteiger partial charge on any atom is -0.493 e. The molecule has 42 heavy (non-hydrogen) atoms. The van der Waals surface area contributed by atoms with Gasteiger partial charge in [-0.05, 0) is 35.9 Å². The summed E-state index contributed by atoms with van der Waals surface area (Å²) in [4.78, 5) is 52.2. The molecule has 1 N–H and O–H groups in total. The number of nitroso groups, excluding NO2 is 1. The van der Waals surface area contributed by atoms with E-state index in [-0.39, 0.29) is 23.1 Å². The zero-order valence-electron chi connectivity index (χ0n) is 23.9. The summed E-state index contributed by atoms with van der Waals surface area (Å²) in [5.41, 5.74) is 1.06. The number of ether oxygens (including phenoxy) is 4. The van der Waals surface area contributed by atoms with Crippen LogP contribution in [0, 0.1) is 4.91 Å². The molecule has 2 aromatic rings. The van der Waals surface area contributed by atoms with Crippen LogP contribution in [0.15, 0.2) is 53.1 Å². The first-order valence-corrected chi connectivity index (χ1v) is 14.2. The molecule has 0 bridgehead atoms.